The Morgan fingerprint density at radius 2 is 1.95 bits per heavy atom. The first-order chi connectivity index (χ1) is 9.66. The van der Waals surface area contributed by atoms with Gasteiger partial charge in [0.15, 0.2) is 0 Å². The van der Waals surface area contributed by atoms with E-state index < -0.39 is 28.1 Å². The number of nitrogens with one attached hydrogen (secondary N) is 1. The molecule has 0 radical (unpaired) electrons. The van der Waals surface area contributed by atoms with E-state index in [1.54, 1.807) is 20.8 Å². The first-order valence-corrected chi connectivity index (χ1v) is 6.45. The Bertz CT molecular complexity index is 638. The van der Waals surface area contributed by atoms with Crippen LogP contribution in [0.3, 0.4) is 0 Å². The Morgan fingerprint density at radius 3 is 2.38 bits per heavy atom. The number of carboxylic acids is 1. The highest BCUT2D eigenvalue weighted by molar-refractivity contribution is 5.99. The molecule has 1 fully saturated rings. The molecule has 7 heteroatoms. The molecule has 0 bridgehead atoms. The number of rotatable bonds is 4. The first-order valence-electron chi connectivity index (χ1n) is 6.45. The second-order valence-electron chi connectivity index (χ2n) is 5.86. The van der Waals surface area contributed by atoms with Crippen LogP contribution in [0.25, 0.3) is 0 Å². The highest BCUT2D eigenvalue weighted by atomic mass is 16.6. The molecule has 7 nitrogen and oxygen atoms in total. The van der Waals surface area contributed by atoms with Crippen LogP contribution in [0.2, 0.25) is 0 Å². The fraction of sp³-hybridized carbons (Fsp3) is 0.429. The van der Waals surface area contributed by atoms with Crippen molar-refractivity contribution in [2.45, 2.75) is 20.8 Å². The highest BCUT2D eigenvalue weighted by Gasteiger charge is 2.65. The molecule has 1 aliphatic rings. The first kappa shape index (κ1) is 15.0. The van der Waals surface area contributed by atoms with Crippen molar-refractivity contribution in [3.63, 3.8) is 0 Å². The molecule has 21 heavy (non-hydrogen) atoms. The van der Waals surface area contributed by atoms with E-state index in [0.29, 0.717) is 11.3 Å². The van der Waals surface area contributed by atoms with Gasteiger partial charge in [0.1, 0.15) is 0 Å². The SMILES string of the molecule is Cc1cc(NC(=O)[C@H]2[C@@H](C(=O)O)C2(C)C)ccc1[N+](=O)[O-]. The van der Waals surface area contributed by atoms with Gasteiger partial charge in [-0.15, -0.1) is 0 Å². The Hall–Kier alpha value is -2.44. The average molecular weight is 292 g/mol. The largest absolute Gasteiger partial charge is 0.481 e. The van der Waals surface area contributed by atoms with Crippen LogP contribution in [0, 0.1) is 34.3 Å². The lowest BCUT2D eigenvalue weighted by molar-refractivity contribution is -0.385. The van der Waals surface area contributed by atoms with Crippen LogP contribution in [-0.2, 0) is 9.59 Å². The second-order valence-corrected chi connectivity index (χ2v) is 5.86. The van der Waals surface area contributed by atoms with Gasteiger partial charge in [-0.3, -0.25) is 19.7 Å². The Labute approximate surface area is 121 Å². The molecule has 1 aromatic rings. The van der Waals surface area contributed by atoms with Crippen molar-refractivity contribution >= 4 is 23.3 Å². The molecule has 0 aromatic heterocycles. The van der Waals surface area contributed by atoms with E-state index in [-0.39, 0.29) is 11.6 Å². The third kappa shape index (κ3) is 2.58. The number of aryl methyl sites for hydroxylation is 1. The maximum Gasteiger partial charge on any atom is 0.307 e. The molecule has 0 saturated heterocycles. The normalized spacial score (nSPS) is 22.4. The molecule has 1 aliphatic carbocycles. The van der Waals surface area contributed by atoms with Crippen LogP contribution in [0.5, 0.6) is 0 Å². The van der Waals surface area contributed by atoms with Crippen molar-refractivity contribution in [2.75, 3.05) is 5.32 Å². The summed E-state index contributed by atoms with van der Waals surface area (Å²) in [4.78, 5) is 33.4. The second kappa shape index (κ2) is 4.83. The Balaban J connectivity index is 2.13. The van der Waals surface area contributed by atoms with Crippen LogP contribution < -0.4 is 5.32 Å². The number of hydrogen-bond donors (Lipinski definition) is 2. The third-order valence-corrected chi connectivity index (χ3v) is 4.04. The van der Waals surface area contributed by atoms with Crippen LogP contribution in [0.1, 0.15) is 19.4 Å². The zero-order valence-electron chi connectivity index (χ0n) is 11.9. The lowest BCUT2D eigenvalue weighted by Gasteiger charge is -2.07. The van der Waals surface area contributed by atoms with E-state index in [4.69, 9.17) is 5.11 Å². The lowest BCUT2D eigenvalue weighted by atomic mass is 10.1. The van der Waals surface area contributed by atoms with Crippen molar-refractivity contribution in [3.05, 3.63) is 33.9 Å². The fourth-order valence-corrected chi connectivity index (χ4v) is 2.75. The van der Waals surface area contributed by atoms with Gasteiger partial charge in [0.05, 0.1) is 16.8 Å². The number of carbonyl (C=O) groups excluding carboxylic acids is 1. The van der Waals surface area contributed by atoms with Crippen LogP contribution in [0.4, 0.5) is 11.4 Å². The smallest absolute Gasteiger partial charge is 0.307 e. The summed E-state index contributed by atoms with van der Waals surface area (Å²) >= 11 is 0. The summed E-state index contributed by atoms with van der Waals surface area (Å²) in [6.07, 6.45) is 0. The van der Waals surface area contributed by atoms with Crippen molar-refractivity contribution < 1.29 is 19.6 Å². The molecule has 112 valence electrons. The van der Waals surface area contributed by atoms with Crippen molar-refractivity contribution in [2.24, 2.45) is 17.3 Å². The molecular formula is C14H16N2O5. The molecule has 1 amide bonds. The molecule has 1 saturated carbocycles. The summed E-state index contributed by atoms with van der Waals surface area (Å²) in [6, 6.07) is 4.26. The Kier molecular flexibility index (Phi) is 3.44. The molecule has 2 N–H and O–H groups in total. The van der Waals surface area contributed by atoms with E-state index in [2.05, 4.69) is 5.32 Å². The van der Waals surface area contributed by atoms with Gasteiger partial charge < -0.3 is 10.4 Å². The van der Waals surface area contributed by atoms with Crippen LogP contribution in [-0.4, -0.2) is 21.9 Å². The summed E-state index contributed by atoms with van der Waals surface area (Å²) in [5.41, 5.74) is 0.256. The summed E-state index contributed by atoms with van der Waals surface area (Å²) in [5.74, 6) is -2.65. The van der Waals surface area contributed by atoms with E-state index >= 15 is 0 Å². The zero-order chi connectivity index (χ0) is 15.9. The minimum atomic E-state index is -0.986. The van der Waals surface area contributed by atoms with E-state index in [9.17, 15) is 19.7 Å². The number of nitro groups is 1. The molecule has 2 rings (SSSR count). The van der Waals surface area contributed by atoms with Crippen LogP contribution >= 0.6 is 0 Å². The number of carbonyl (C=O) groups is 2. The quantitative estimate of drug-likeness (QED) is 0.653. The summed E-state index contributed by atoms with van der Waals surface area (Å²) in [7, 11) is 0. The Morgan fingerprint density at radius 1 is 1.33 bits per heavy atom. The molecule has 0 aliphatic heterocycles. The topological polar surface area (TPSA) is 110 Å². The number of nitro benzene ring substituents is 1. The summed E-state index contributed by atoms with van der Waals surface area (Å²) in [6.45, 7) is 5.04. The van der Waals surface area contributed by atoms with Gasteiger partial charge in [-0.25, -0.2) is 0 Å². The monoisotopic (exact) mass is 292 g/mol. The average Bonchev–Trinajstić information content (AvgIpc) is 2.92. The predicted molar refractivity (Wildman–Crippen MR) is 74.9 cm³/mol. The molecule has 2 atom stereocenters. The maximum atomic E-state index is 12.1. The van der Waals surface area contributed by atoms with Gasteiger partial charge in [0.25, 0.3) is 5.69 Å². The zero-order valence-corrected chi connectivity index (χ0v) is 11.9. The van der Waals surface area contributed by atoms with Gasteiger partial charge in [-0.1, -0.05) is 13.8 Å². The number of nitrogens with zero attached hydrogens (tertiary/aromatic N) is 1. The van der Waals surface area contributed by atoms with Crippen molar-refractivity contribution in [3.8, 4) is 0 Å². The van der Waals surface area contributed by atoms with Gasteiger partial charge in [0, 0.05) is 17.3 Å². The molecule has 0 spiro atoms. The summed E-state index contributed by atoms with van der Waals surface area (Å²) in [5, 5.41) is 22.4. The number of carboxylic acid groups (broad SMARTS) is 1. The van der Waals surface area contributed by atoms with Gasteiger partial charge in [-0.05, 0) is 24.5 Å². The molecule has 0 unspecified atom stereocenters. The highest BCUT2D eigenvalue weighted by Crippen LogP contribution is 2.58. The number of hydrogen-bond acceptors (Lipinski definition) is 4. The van der Waals surface area contributed by atoms with Gasteiger partial charge in [0.2, 0.25) is 5.91 Å². The number of amides is 1. The number of benzene rings is 1. The number of anilines is 1. The van der Waals surface area contributed by atoms with E-state index in [1.165, 1.54) is 18.2 Å². The summed E-state index contributed by atoms with van der Waals surface area (Å²) < 4.78 is 0. The van der Waals surface area contributed by atoms with Gasteiger partial charge in [-0.2, -0.15) is 0 Å². The molecular weight excluding hydrogens is 276 g/mol. The lowest BCUT2D eigenvalue weighted by Crippen LogP contribution is -2.17. The predicted octanol–water partition coefficient (Wildman–Crippen LogP) is 2.20. The molecule has 1 aromatic carbocycles. The van der Waals surface area contributed by atoms with E-state index in [0.717, 1.165) is 0 Å². The molecule has 0 heterocycles. The van der Waals surface area contributed by atoms with Crippen LogP contribution in [0.15, 0.2) is 18.2 Å². The maximum absolute atomic E-state index is 12.1. The van der Waals surface area contributed by atoms with Crippen molar-refractivity contribution in [1.29, 1.82) is 0 Å². The third-order valence-electron chi connectivity index (χ3n) is 4.04. The standard InChI is InChI=1S/C14H16N2O5/c1-7-6-8(4-5-9(7)16(20)21)15-12(17)10-11(13(18)19)14(10,2)3/h4-6,10-11H,1-3H3,(H,15,17)(H,18,19)/t10-,11+/m1/s1. The number of aliphatic carboxylic acids is 1. The van der Waals surface area contributed by atoms with Crippen molar-refractivity contribution in [1.82, 2.24) is 0 Å². The van der Waals surface area contributed by atoms with Gasteiger partial charge >= 0.3 is 5.97 Å². The minimum absolute atomic E-state index is 0.0248. The minimum Gasteiger partial charge on any atom is -0.481 e. The fourth-order valence-electron chi connectivity index (χ4n) is 2.75. The van der Waals surface area contributed by atoms with E-state index in [1.807, 2.05) is 0 Å².